The number of hydrogen-bond donors (Lipinski definition) is 2. The zero-order chi connectivity index (χ0) is 39.2. The number of benzene rings is 1. The van der Waals surface area contributed by atoms with Crippen LogP contribution in [0.5, 0.6) is 0 Å². The van der Waals surface area contributed by atoms with Gasteiger partial charge in [-0.05, 0) is 97.3 Å². The van der Waals surface area contributed by atoms with Gasteiger partial charge in [-0.15, -0.1) is 6.58 Å². The first-order valence-electron chi connectivity index (χ1n) is 19.6. The minimum Gasteiger partial charge on any atom is -0.347 e. The fourth-order valence-electron chi connectivity index (χ4n) is 8.79. The minimum atomic E-state index is -0.785. The quantitative estimate of drug-likeness (QED) is 0.0812. The normalized spacial score (nSPS) is 24.1. The van der Waals surface area contributed by atoms with Gasteiger partial charge in [0.25, 0.3) is 0 Å². The lowest BCUT2D eigenvalue weighted by Crippen LogP contribution is -2.50. The van der Waals surface area contributed by atoms with E-state index in [0.29, 0.717) is 44.1 Å². The predicted molar refractivity (Wildman–Crippen MR) is 210 cm³/mol. The van der Waals surface area contributed by atoms with Crippen LogP contribution in [0.4, 0.5) is 0 Å². The van der Waals surface area contributed by atoms with Crippen LogP contribution in [0, 0.1) is 40.9 Å². The monoisotopic (exact) mass is 735 g/mol. The molecule has 2 amide bonds. The molecule has 0 spiro atoms. The fourth-order valence-corrected chi connectivity index (χ4v) is 8.79. The zero-order valence-corrected chi connectivity index (χ0v) is 32.3. The van der Waals surface area contributed by atoms with Gasteiger partial charge in [-0.1, -0.05) is 80.6 Å². The molecule has 1 aromatic carbocycles. The number of ketones is 4. The van der Waals surface area contributed by atoms with Crippen LogP contribution < -0.4 is 11.1 Å². The van der Waals surface area contributed by atoms with Crippen LogP contribution in [0.15, 0.2) is 85.0 Å². The second-order valence-corrected chi connectivity index (χ2v) is 16.4. The second-order valence-electron chi connectivity index (χ2n) is 16.4. The Hall–Kier alpha value is -4.50. The Labute approximate surface area is 320 Å². The fraction of sp³-hybridized carbons (Fsp3) is 0.511. The molecule has 9 nitrogen and oxygen atoms in total. The highest BCUT2D eigenvalue weighted by atomic mass is 16.2. The molecule has 0 saturated heterocycles. The molecule has 0 aromatic heterocycles. The third-order valence-corrected chi connectivity index (χ3v) is 12.2. The van der Waals surface area contributed by atoms with E-state index in [0.717, 1.165) is 12.8 Å². The number of amides is 2. The number of carbonyl (C=O) groups is 6. The Kier molecular flexibility index (Phi) is 13.4. The highest BCUT2D eigenvalue weighted by Crippen LogP contribution is 2.66. The van der Waals surface area contributed by atoms with Crippen molar-refractivity contribution in [2.75, 3.05) is 14.1 Å². The smallest absolute Gasteiger partial charge is 0.245 e. The molecule has 1 aromatic rings. The molecule has 0 heterocycles. The summed E-state index contributed by atoms with van der Waals surface area (Å²) in [5.74, 6) is -2.96. The van der Waals surface area contributed by atoms with E-state index >= 15 is 0 Å². The predicted octanol–water partition coefficient (Wildman–Crippen LogP) is 5.63. The molecule has 0 aliphatic heterocycles. The van der Waals surface area contributed by atoms with Crippen LogP contribution in [-0.2, 0) is 41.6 Å². The van der Waals surface area contributed by atoms with Gasteiger partial charge in [-0.25, -0.2) is 0 Å². The number of rotatable bonds is 19. The summed E-state index contributed by atoms with van der Waals surface area (Å²) < 4.78 is 0. The van der Waals surface area contributed by atoms with Gasteiger partial charge in [0.15, 0.2) is 17.3 Å². The summed E-state index contributed by atoms with van der Waals surface area (Å²) >= 11 is 0. The van der Waals surface area contributed by atoms with Crippen molar-refractivity contribution < 1.29 is 28.8 Å². The highest BCUT2D eigenvalue weighted by Gasteiger charge is 2.63. The highest BCUT2D eigenvalue weighted by molar-refractivity contribution is 6.38. The summed E-state index contributed by atoms with van der Waals surface area (Å²) in [4.78, 5) is 81.1. The molecular weight excluding hydrogens is 679 g/mol. The van der Waals surface area contributed by atoms with Crippen molar-refractivity contribution in [2.24, 2.45) is 46.7 Å². The molecule has 1 saturated carbocycles. The van der Waals surface area contributed by atoms with Crippen molar-refractivity contribution in [2.45, 2.75) is 90.1 Å². The first-order valence-corrected chi connectivity index (χ1v) is 19.6. The van der Waals surface area contributed by atoms with Gasteiger partial charge >= 0.3 is 0 Å². The summed E-state index contributed by atoms with van der Waals surface area (Å²) in [7, 11) is 3.31. The van der Waals surface area contributed by atoms with E-state index in [1.807, 2.05) is 42.5 Å². The van der Waals surface area contributed by atoms with Gasteiger partial charge in [0, 0.05) is 44.7 Å². The molecule has 4 aliphatic rings. The molecule has 3 N–H and O–H groups in total. The van der Waals surface area contributed by atoms with E-state index in [1.54, 1.807) is 26.2 Å². The molecule has 5 unspecified atom stereocenters. The summed E-state index contributed by atoms with van der Waals surface area (Å²) in [6, 6.07) is 6.87. The molecule has 0 bridgehead atoms. The molecule has 54 heavy (non-hydrogen) atoms. The number of likely N-dealkylation sites (N-methyl/N-ethyl adjacent to an activating group) is 1. The van der Waals surface area contributed by atoms with Crippen molar-refractivity contribution in [3.8, 4) is 0 Å². The van der Waals surface area contributed by atoms with Crippen molar-refractivity contribution in [3.05, 3.63) is 96.2 Å². The Bertz CT molecular complexity index is 1740. The van der Waals surface area contributed by atoms with Gasteiger partial charge in [0.1, 0.15) is 6.04 Å². The first-order chi connectivity index (χ1) is 25.7. The van der Waals surface area contributed by atoms with Gasteiger partial charge in [0.05, 0.1) is 6.04 Å². The summed E-state index contributed by atoms with van der Waals surface area (Å²) in [6.45, 7) is 8.02. The van der Waals surface area contributed by atoms with Crippen LogP contribution in [0.25, 0.3) is 0 Å². The number of Topliss-reactive ketones (excluding diaryl/α,β-unsaturated/α-hetero) is 3. The number of fused-ring (bicyclic) bond motifs is 2. The average molecular weight is 736 g/mol. The molecule has 1 fully saturated rings. The summed E-state index contributed by atoms with van der Waals surface area (Å²) in [5, 5.41) is 2.87. The number of nitrogens with one attached hydrogen (secondary N) is 1. The van der Waals surface area contributed by atoms with E-state index in [1.165, 1.54) is 22.1 Å². The van der Waals surface area contributed by atoms with Crippen molar-refractivity contribution in [3.63, 3.8) is 0 Å². The lowest BCUT2D eigenvalue weighted by molar-refractivity contribution is -0.138. The third-order valence-electron chi connectivity index (χ3n) is 12.2. The largest absolute Gasteiger partial charge is 0.347 e. The van der Waals surface area contributed by atoms with E-state index in [-0.39, 0.29) is 65.3 Å². The number of nitrogens with two attached hydrogens (primary N) is 1. The van der Waals surface area contributed by atoms with Crippen LogP contribution >= 0.6 is 0 Å². The summed E-state index contributed by atoms with van der Waals surface area (Å²) in [6.07, 6.45) is 18.6. The Balaban J connectivity index is 1.16. The van der Waals surface area contributed by atoms with Crippen molar-refractivity contribution in [1.29, 1.82) is 0 Å². The minimum absolute atomic E-state index is 0.0180. The number of nitrogens with zero attached hydrogens (tertiary/aromatic N) is 1. The van der Waals surface area contributed by atoms with Gasteiger partial charge in [0.2, 0.25) is 17.6 Å². The van der Waals surface area contributed by atoms with Gasteiger partial charge in [-0.2, -0.15) is 0 Å². The Morgan fingerprint density at radius 1 is 1.00 bits per heavy atom. The number of unbranched alkanes of at least 4 members (excludes halogenated alkanes) is 1. The lowest BCUT2D eigenvalue weighted by atomic mass is 9.81. The maximum atomic E-state index is 13.8. The third kappa shape index (κ3) is 9.41. The maximum absolute atomic E-state index is 13.8. The van der Waals surface area contributed by atoms with Crippen molar-refractivity contribution in [1.82, 2.24) is 10.2 Å². The molecule has 9 heteroatoms. The lowest BCUT2D eigenvalue weighted by Gasteiger charge is -2.27. The van der Waals surface area contributed by atoms with Crippen LogP contribution in [0.1, 0.15) is 76.3 Å². The average Bonchev–Trinajstić information content (AvgIpc) is 3.48. The zero-order valence-electron chi connectivity index (χ0n) is 32.3. The molecule has 7 atom stereocenters. The van der Waals surface area contributed by atoms with Crippen LogP contribution in [0.3, 0.4) is 0 Å². The van der Waals surface area contributed by atoms with E-state index in [2.05, 4.69) is 37.9 Å². The van der Waals surface area contributed by atoms with Gasteiger partial charge < -0.3 is 16.0 Å². The van der Waals surface area contributed by atoms with Crippen LogP contribution in [0.2, 0.25) is 0 Å². The second kappa shape index (κ2) is 17.8. The molecule has 4 aliphatic carbocycles. The molecule has 0 radical (unpaired) electrons. The number of carbonyl (C=O) groups excluding carboxylic acids is 6. The standard InChI is InChI=1S/C45H57N3O6/c1-6-7-15-29(42(52)37(50)20-13-14-21-38(51)47-41(44(54)48(4)5)28-16-9-8-10-17-28)22-23-36(49)34-26-33(27-35-39(34)45(35,2)3)43(53)40(46)32-24-30-18-11-12-19-31(30)25-32/h6,8-12,16,18-19,22-23,26,28-29,32,34-35,39-41H,1,7,13-15,17,20-21,24-25,27,46H2,2-5H3,(H,47,51)/b23-22+/t28?,29?,34?,35?,39-,40?,41-/m0/s1. The number of hydrogen-bond acceptors (Lipinski definition) is 7. The van der Waals surface area contributed by atoms with Crippen LogP contribution in [-0.4, -0.2) is 66.0 Å². The molecular formula is C45H57N3O6. The van der Waals surface area contributed by atoms with E-state index in [9.17, 15) is 28.8 Å². The first kappa shape index (κ1) is 40.7. The Morgan fingerprint density at radius 2 is 1.69 bits per heavy atom. The SMILES string of the molecule is C=CCCC(/C=C/C(=O)C1C=C(C(=O)C(N)C2Cc3ccccc3C2)CC2[C@H]1C2(C)C)C(=O)C(=O)CCCCC(=O)N[C@H](C(=O)N(C)C)C1C=CC=CC1. The topological polar surface area (TPSA) is 144 Å². The van der Waals surface area contributed by atoms with Gasteiger partial charge in [-0.3, -0.25) is 28.8 Å². The van der Waals surface area contributed by atoms with E-state index in [4.69, 9.17) is 5.73 Å². The number of allylic oxidation sites excluding steroid dienone is 7. The molecule has 288 valence electrons. The van der Waals surface area contributed by atoms with E-state index < -0.39 is 35.5 Å². The maximum Gasteiger partial charge on any atom is 0.245 e. The Morgan fingerprint density at radius 3 is 2.31 bits per heavy atom. The van der Waals surface area contributed by atoms with Crippen molar-refractivity contribution >= 4 is 34.9 Å². The summed E-state index contributed by atoms with van der Waals surface area (Å²) in [5.41, 5.74) is 9.60. The molecule has 5 rings (SSSR count).